The number of hydrogen-bond acceptors (Lipinski definition) is 3. The first-order valence-electron chi connectivity index (χ1n) is 5.61. The van der Waals surface area contributed by atoms with Gasteiger partial charge in [0, 0.05) is 21.1 Å². The summed E-state index contributed by atoms with van der Waals surface area (Å²) in [6.07, 6.45) is 3.45. The minimum Gasteiger partial charge on any atom is -0.347 e. The van der Waals surface area contributed by atoms with E-state index < -0.39 is 5.54 Å². The molecule has 0 heterocycles. The summed E-state index contributed by atoms with van der Waals surface area (Å²) in [6.45, 7) is 0.102. The maximum Gasteiger partial charge on any atom is 0.242 e. The van der Waals surface area contributed by atoms with Gasteiger partial charge in [0.05, 0.1) is 12.1 Å². The summed E-state index contributed by atoms with van der Waals surface area (Å²) < 4.78 is 0. The van der Waals surface area contributed by atoms with Crippen LogP contribution in [0.2, 0.25) is 0 Å². The molecule has 0 spiro atoms. The van der Waals surface area contributed by atoms with Crippen molar-refractivity contribution in [2.45, 2.75) is 31.2 Å². The number of carbonyl (C=O) groups is 2. The molecule has 1 rings (SSSR count). The van der Waals surface area contributed by atoms with Crippen LogP contribution in [0.15, 0.2) is 0 Å². The summed E-state index contributed by atoms with van der Waals surface area (Å²) in [4.78, 5) is 26.4. The second-order valence-electron chi connectivity index (χ2n) is 4.81. The van der Waals surface area contributed by atoms with E-state index in [1.165, 1.54) is 9.80 Å². The predicted molar refractivity (Wildman–Crippen MR) is 61.7 cm³/mol. The standard InChI is InChI=1S/C11H21N3O2/c1-13(2)9(15)8-14(3)10(16)11(12)6-4-5-7-11/h4-8,12H2,1-3H3. The van der Waals surface area contributed by atoms with E-state index in [0.717, 1.165) is 25.7 Å². The lowest BCUT2D eigenvalue weighted by molar-refractivity contribution is -0.141. The van der Waals surface area contributed by atoms with Crippen LogP contribution in [-0.4, -0.2) is 54.8 Å². The number of carbonyl (C=O) groups excluding carboxylic acids is 2. The number of nitrogens with zero attached hydrogens (tertiary/aromatic N) is 2. The van der Waals surface area contributed by atoms with Gasteiger partial charge in [-0.2, -0.15) is 0 Å². The Labute approximate surface area is 96.6 Å². The molecule has 5 heteroatoms. The summed E-state index contributed by atoms with van der Waals surface area (Å²) in [7, 11) is 4.99. The van der Waals surface area contributed by atoms with E-state index in [1.807, 2.05) is 0 Å². The Balaban J connectivity index is 2.57. The molecule has 1 fully saturated rings. The van der Waals surface area contributed by atoms with Gasteiger partial charge in [-0.25, -0.2) is 0 Å². The maximum absolute atomic E-state index is 12.1. The average molecular weight is 227 g/mol. The summed E-state index contributed by atoms with van der Waals surface area (Å²) in [5, 5.41) is 0. The van der Waals surface area contributed by atoms with E-state index in [9.17, 15) is 9.59 Å². The van der Waals surface area contributed by atoms with Crippen LogP contribution in [0.3, 0.4) is 0 Å². The minimum atomic E-state index is -0.735. The zero-order chi connectivity index (χ0) is 12.3. The van der Waals surface area contributed by atoms with Crippen LogP contribution >= 0.6 is 0 Å². The Morgan fingerprint density at radius 1 is 1.19 bits per heavy atom. The molecular formula is C11H21N3O2. The van der Waals surface area contributed by atoms with E-state index in [-0.39, 0.29) is 18.4 Å². The molecular weight excluding hydrogens is 206 g/mol. The van der Waals surface area contributed by atoms with Crippen molar-refractivity contribution in [2.75, 3.05) is 27.7 Å². The third kappa shape index (κ3) is 2.72. The van der Waals surface area contributed by atoms with Gasteiger partial charge < -0.3 is 15.5 Å². The van der Waals surface area contributed by atoms with Crippen LogP contribution in [0.5, 0.6) is 0 Å². The van der Waals surface area contributed by atoms with E-state index >= 15 is 0 Å². The lowest BCUT2D eigenvalue weighted by Gasteiger charge is -2.29. The van der Waals surface area contributed by atoms with Gasteiger partial charge in [-0.1, -0.05) is 12.8 Å². The van der Waals surface area contributed by atoms with E-state index in [0.29, 0.717) is 0 Å². The second kappa shape index (κ2) is 4.82. The van der Waals surface area contributed by atoms with Crippen molar-refractivity contribution in [3.63, 3.8) is 0 Å². The highest BCUT2D eigenvalue weighted by molar-refractivity contribution is 5.90. The van der Waals surface area contributed by atoms with Crippen molar-refractivity contribution in [3.8, 4) is 0 Å². The third-order valence-corrected chi connectivity index (χ3v) is 3.14. The van der Waals surface area contributed by atoms with Gasteiger partial charge in [-0.3, -0.25) is 9.59 Å². The molecule has 92 valence electrons. The Morgan fingerprint density at radius 3 is 2.12 bits per heavy atom. The molecule has 1 aliphatic rings. The zero-order valence-corrected chi connectivity index (χ0v) is 10.3. The summed E-state index contributed by atoms with van der Waals surface area (Å²) in [6, 6.07) is 0. The van der Waals surface area contributed by atoms with Gasteiger partial charge >= 0.3 is 0 Å². The SMILES string of the molecule is CN(C)C(=O)CN(C)C(=O)C1(N)CCCC1. The number of amides is 2. The van der Waals surface area contributed by atoms with Crippen molar-refractivity contribution in [3.05, 3.63) is 0 Å². The van der Waals surface area contributed by atoms with Gasteiger partial charge in [0.25, 0.3) is 0 Å². The molecule has 0 aromatic carbocycles. The fourth-order valence-electron chi connectivity index (χ4n) is 2.02. The van der Waals surface area contributed by atoms with Gasteiger partial charge in [-0.15, -0.1) is 0 Å². The molecule has 0 unspecified atom stereocenters. The van der Waals surface area contributed by atoms with Crippen molar-refractivity contribution in [2.24, 2.45) is 5.73 Å². The Morgan fingerprint density at radius 2 is 1.69 bits per heavy atom. The molecule has 2 amide bonds. The highest BCUT2D eigenvalue weighted by atomic mass is 16.2. The Hall–Kier alpha value is -1.10. The molecule has 16 heavy (non-hydrogen) atoms. The van der Waals surface area contributed by atoms with Gasteiger partial charge in [0.15, 0.2) is 0 Å². The summed E-state index contributed by atoms with van der Waals surface area (Å²) in [5.74, 6) is -0.197. The van der Waals surface area contributed by atoms with Crippen LogP contribution in [0.1, 0.15) is 25.7 Å². The average Bonchev–Trinajstić information content (AvgIpc) is 2.64. The van der Waals surface area contributed by atoms with Crippen LogP contribution < -0.4 is 5.73 Å². The first-order valence-corrected chi connectivity index (χ1v) is 5.61. The minimum absolute atomic E-state index is 0.0857. The van der Waals surface area contributed by atoms with Crippen LogP contribution in [0.4, 0.5) is 0 Å². The number of nitrogens with two attached hydrogens (primary N) is 1. The lowest BCUT2D eigenvalue weighted by Crippen LogP contribution is -2.54. The van der Waals surface area contributed by atoms with Gasteiger partial charge in [-0.05, 0) is 12.8 Å². The molecule has 5 nitrogen and oxygen atoms in total. The van der Waals surface area contributed by atoms with Crippen molar-refractivity contribution >= 4 is 11.8 Å². The van der Waals surface area contributed by atoms with Crippen molar-refractivity contribution in [1.82, 2.24) is 9.80 Å². The molecule has 0 aromatic rings. The largest absolute Gasteiger partial charge is 0.347 e. The number of likely N-dealkylation sites (N-methyl/N-ethyl adjacent to an activating group) is 2. The fraction of sp³-hybridized carbons (Fsp3) is 0.818. The predicted octanol–water partition coefficient (Wildman–Crippen LogP) is -0.195. The molecule has 0 aliphatic heterocycles. The van der Waals surface area contributed by atoms with Gasteiger partial charge in [0.1, 0.15) is 0 Å². The topological polar surface area (TPSA) is 66.6 Å². The molecule has 2 N–H and O–H groups in total. The van der Waals surface area contributed by atoms with Crippen molar-refractivity contribution in [1.29, 1.82) is 0 Å². The molecule has 0 radical (unpaired) electrons. The fourth-order valence-corrected chi connectivity index (χ4v) is 2.02. The number of hydrogen-bond donors (Lipinski definition) is 1. The normalized spacial score (nSPS) is 18.2. The molecule has 0 aromatic heterocycles. The summed E-state index contributed by atoms with van der Waals surface area (Å²) in [5.41, 5.74) is 5.30. The first kappa shape index (κ1) is 13.0. The smallest absolute Gasteiger partial charge is 0.242 e. The highest BCUT2D eigenvalue weighted by Crippen LogP contribution is 2.28. The zero-order valence-electron chi connectivity index (χ0n) is 10.3. The molecule has 0 atom stereocenters. The Kier molecular flexibility index (Phi) is 3.91. The van der Waals surface area contributed by atoms with Crippen molar-refractivity contribution < 1.29 is 9.59 Å². The molecule has 0 bridgehead atoms. The second-order valence-corrected chi connectivity index (χ2v) is 4.81. The van der Waals surface area contributed by atoms with Crippen LogP contribution in [0.25, 0.3) is 0 Å². The third-order valence-electron chi connectivity index (χ3n) is 3.14. The maximum atomic E-state index is 12.1. The molecule has 1 saturated carbocycles. The lowest BCUT2D eigenvalue weighted by atomic mass is 9.97. The van der Waals surface area contributed by atoms with Crippen LogP contribution in [0, 0.1) is 0 Å². The number of rotatable bonds is 3. The molecule has 0 saturated heterocycles. The van der Waals surface area contributed by atoms with Gasteiger partial charge in [0.2, 0.25) is 11.8 Å². The van der Waals surface area contributed by atoms with E-state index in [4.69, 9.17) is 5.73 Å². The first-order chi connectivity index (χ1) is 7.37. The Bertz CT molecular complexity index is 283. The van der Waals surface area contributed by atoms with E-state index in [1.54, 1.807) is 21.1 Å². The summed E-state index contributed by atoms with van der Waals surface area (Å²) >= 11 is 0. The van der Waals surface area contributed by atoms with Crippen LogP contribution in [-0.2, 0) is 9.59 Å². The quantitative estimate of drug-likeness (QED) is 0.726. The van der Waals surface area contributed by atoms with E-state index in [2.05, 4.69) is 0 Å². The molecule has 1 aliphatic carbocycles. The monoisotopic (exact) mass is 227 g/mol. The highest BCUT2D eigenvalue weighted by Gasteiger charge is 2.39.